The summed E-state index contributed by atoms with van der Waals surface area (Å²) in [6.45, 7) is 7.41. The zero-order valence-corrected chi connectivity index (χ0v) is 16.3. The number of aromatic nitrogens is 2. The zero-order chi connectivity index (χ0) is 18.4. The van der Waals surface area contributed by atoms with E-state index in [1.165, 1.54) is 42.2 Å². The normalized spacial score (nSPS) is 15.7. The van der Waals surface area contributed by atoms with E-state index in [1.807, 2.05) is 18.2 Å². The molecule has 3 rings (SSSR count). The molecule has 0 spiro atoms. The molecule has 2 aromatic rings. The lowest BCUT2D eigenvalue weighted by atomic mass is 10.0. The monoisotopic (exact) mass is 370 g/mol. The predicted molar refractivity (Wildman–Crippen MR) is 107 cm³/mol. The molecule has 0 unspecified atom stereocenters. The molecule has 138 valence electrons. The minimum absolute atomic E-state index is 0.182. The molecule has 0 atom stereocenters. The third-order valence-electron chi connectivity index (χ3n) is 4.53. The number of piperidine rings is 1. The van der Waals surface area contributed by atoms with E-state index < -0.39 is 0 Å². The van der Waals surface area contributed by atoms with Crippen molar-refractivity contribution in [1.82, 2.24) is 15.1 Å². The Morgan fingerprint density at radius 2 is 1.92 bits per heavy atom. The molecular weight excluding hydrogens is 344 g/mol. The molecule has 1 amide bonds. The highest BCUT2D eigenvalue weighted by molar-refractivity contribution is 7.15. The molecule has 2 heterocycles. The third kappa shape index (κ3) is 5.47. The molecule has 1 saturated heterocycles. The topological polar surface area (TPSA) is 58.1 Å². The Hall–Kier alpha value is -2.05. The summed E-state index contributed by atoms with van der Waals surface area (Å²) in [6.07, 6.45) is 7.18. The number of hydrogen-bond donors (Lipinski definition) is 1. The highest BCUT2D eigenvalue weighted by Crippen LogP contribution is 2.19. The van der Waals surface area contributed by atoms with Crippen LogP contribution in [0.1, 0.15) is 55.2 Å². The average molecular weight is 371 g/mol. The van der Waals surface area contributed by atoms with E-state index in [9.17, 15) is 4.79 Å². The van der Waals surface area contributed by atoms with Gasteiger partial charge in [-0.25, -0.2) is 0 Å². The second-order valence-electron chi connectivity index (χ2n) is 6.98. The number of anilines is 1. The van der Waals surface area contributed by atoms with E-state index in [4.69, 9.17) is 0 Å². The third-order valence-corrected chi connectivity index (χ3v) is 5.36. The maximum Gasteiger partial charge on any atom is 0.250 e. The van der Waals surface area contributed by atoms with Crippen molar-refractivity contribution in [2.24, 2.45) is 0 Å². The van der Waals surface area contributed by atoms with Gasteiger partial charge in [0.2, 0.25) is 11.0 Å². The average Bonchev–Trinajstić information content (AvgIpc) is 3.08. The van der Waals surface area contributed by atoms with Crippen molar-refractivity contribution in [1.29, 1.82) is 0 Å². The van der Waals surface area contributed by atoms with Crippen molar-refractivity contribution in [2.45, 2.75) is 45.6 Å². The lowest BCUT2D eigenvalue weighted by Gasteiger charge is -2.24. The largest absolute Gasteiger partial charge is 0.297 e. The van der Waals surface area contributed by atoms with Crippen LogP contribution >= 0.6 is 11.3 Å². The molecule has 6 heteroatoms. The van der Waals surface area contributed by atoms with Crippen LogP contribution in [0.5, 0.6) is 0 Å². The first-order chi connectivity index (χ1) is 12.6. The second-order valence-corrected chi connectivity index (χ2v) is 8.04. The first kappa shape index (κ1) is 18.7. The van der Waals surface area contributed by atoms with Crippen LogP contribution in [0.15, 0.2) is 30.3 Å². The first-order valence-electron chi connectivity index (χ1n) is 9.24. The van der Waals surface area contributed by atoms with E-state index in [0.29, 0.717) is 11.0 Å². The van der Waals surface area contributed by atoms with Crippen molar-refractivity contribution < 1.29 is 4.79 Å². The molecule has 0 aliphatic carbocycles. The molecule has 5 nitrogen and oxygen atoms in total. The first-order valence-corrected chi connectivity index (χ1v) is 10.1. The summed E-state index contributed by atoms with van der Waals surface area (Å²) in [7, 11) is 0. The van der Waals surface area contributed by atoms with Crippen LogP contribution < -0.4 is 5.32 Å². The molecule has 0 saturated carbocycles. The number of nitrogens with one attached hydrogen (secondary N) is 1. The van der Waals surface area contributed by atoms with E-state index in [1.54, 1.807) is 0 Å². The van der Waals surface area contributed by atoms with E-state index in [-0.39, 0.29) is 5.91 Å². The molecule has 1 fully saturated rings. The fourth-order valence-electron chi connectivity index (χ4n) is 2.99. The summed E-state index contributed by atoms with van der Waals surface area (Å²) in [5.41, 5.74) is 2.30. The zero-order valence-electron chi connectivity index (χ0n) is 15.4. The van der Waals surface area contributed by atoms with Crippen LogP contribution in [0, 0.1) is 0 Å². The van der Waals surface area contributed by atoms with Crippen molar-refractivity contribution >= 4 is 28.5 Å². The van der Waals surface area contributed by atoms with Gasteiger partial charge in [-0.05, 0) is 49.1 Å². The number of amides is 1. The minimum atomic E-state index is -0.182. The molecule has 26 heavy (non-hydrogen) atoms. The second kappa shape index (κ2) is 9.05. The lowest BCUT2D eigenvalue weighted by Crippen LogP contribution is -2.28. The summed E-state index contributed by atoms with van der Waals surface area (Å²) in [6, 6.07) is 8.25. The smallest absolute Gasteiger partial charge is 0.250 e. The SMILES string of the molecule is CC(C)c1ccc(/C=C/C(=O)Nc2nnc(CN3CCCCC3)s2)cc1. The van der Waals surface area contributed by atoms with E-state index >= 15 is 0 Å². The van der Waals surface area contributed by atoms with Crippen LogP contribution in [-0.2, 0) is 11.3 Å². The summed E-state index contributed by atoms with van der Waals surface area (Å²) in [5.74, 6) is 0.325. The number of likely N-dealkylation sites (tertiary alicyclic amines) is 1. The Morgan fingerprint density at radius 1 is 1.19 bits per heavy atom. The Balaban J connectivity index is 1.51. The summed E-state index contributed by atoms with van der Waals surface area (Å²) in [5, 5.41) is 12.6. The molecule has 0 bridgehead atoms. The Bertz CT molecular complexity index is 745. The molecule has 1 aromatic heterocycles. The van der Waals surface area contributed by atoms with Gasteiger partial charge in [-0.3, -0.25) is 15.0 Å². The van der Waals surface area contributed by atoms with Gasteiger partial charge >= 0.3 is 0 Å². The van der Waals surface area contributed by atoms with Crippen LogP contribution in [0.2, 0.25) is 0 Å². The fourth-order valence-corrected chi connectivity index (χ4v) is 3.77. The van der Waals surface area contributed by atoms with Crippen LogP contribution in [-0.4, -0.2) is 34.1 Å². The highest BCUT2D eigenvalue weighted by atomic mass is 32.1. The van der Waals surface area contributed by atoms with Gasteiger partial charge in [0.25, 0.3) is 0 Å². The Kier molecular flexibility index (Phi) is 6.52. The standard InChI is InChI=1S/C20H26N4OS/c1-15(2)17-9-6-16(7-10-17)8-11-18(25)21-20-23-22-19(26-20)14-24-12-4-3-5-13-24/h6-11,15H,3-5,12-14H2,1-2H3,(H,21,23,25)/b11-8+. The summed E-state index contributed by atoms with van der Waals surface area (Å²) >= 11 is 1.45. The van der Waals surface area contributed by atoms with Crippen molar-refractivity contribution in [3.8, 4) is 0 Å². The predicted octanol–water partition coefficient (Wildman–Crippen LogP) is 4.30. The summed E-state index contributed by atoms with van der Waals surface area (Å²) in [4.78, 5) is 14.5. The maximum absolute atomic E-state index is 12.1. The quantitative estimate of drug-likeness (QED) is 0.770. The van der Waals surface area contributed by atoms with Gasteiger partial charge in [0.05, 0.1) is 6.54 Å². The highest BCUT2D eigenvalue weighted by Gasteiger charge is 2.13. The van der Waals surface area contributed by atoms with Crippen LogP contribution in [0.3, 0.4) is 0 Å². The summed E-state index contributed by atoms with van der Waals surface area (Å²) < 4.78 is 0. The number of carbonyl (C=O) groups is 1. The number of hydrogen-bond acceptors (Lipinski definition) is 5. The van der Waals surface area contributed by atoms with E-state index in [0.717, 1.165) is 30.2 Å². The molecule has 1 aliphatic rings. The molecular formula is C20H26N4OS. The van der Waals surface area contributed by atoms with Gasteiger partial charge in [0.15, 0.2) is 0 Å². The molecule has 1 N–H and O–H groups in total. The van der Waals surface area contributed by atoms with Gasteiger partial charge in [0, 0.05) is 6.08 Å². The number of rotatable bonds is 6. The number of carbonyl (C=O) groups excluding carboxylic acids is 1. The van der Waals surface area contributed by atoms with Crippen molar-refractivity contribution in [2.75, 3.05) is 18.4 Å². The minimum Gasteiger partial charge on any atom is -0.297 e. The number of nitrogens with zero attached hydrogens (tertiary/aromatic N) is 3. The van der Waals surface area contributed by atoms with Crippen LogP contribution in [0.4, 0.5) is 5.13 Å². The van der Waals surface area contributed by atoms with Gasteiger partial charge in [-0.2, -0.15) is 0 Å². The van der Waals surface area contributed by atoms with Crippen LogP contribution in [0.25, 0.3) is 6.08 Å². The van der Waals surface area contributed by atoms with Crippen molar-refractivity contribution in [3.63, 3.8) is 0 Å². The van der Waals surface area contributed by atoms with E-state index in [2.05, 4.69) is 46.4 Å². The van der Waals surface area contributed by atoms with Crippen molar-refractivity contribution in [3.05, 3.63) is 46.5 Å². The molecule has 1 aliphatic heterocycles. The van der Waals surface area contributed by atoms with Gasteiger partial charge in [0.1, 0.15) is 5.01 Å². The van der Waals surface area contributed by atoms with Gasteiger partial charge in [-0.1, -0.05) is 55.9 Å². The molecule has 1 aromatic carbocycles. The number of benzene rings is 1. The van der Waals surface area contributed by atoms with Gasteiger partial charge in [-0.15, -0.1) is 10.2 Å². The fraction of sp³-hybridized carbons (Fsp3) is 0.450. The lowest BCUT2D eigenvalue weighted by molar-refractivity contribution is -0.111. The maximum atomic E-state index is 12.1. The Morgan fingerprint density at radius 3 is 2.62 bits per heavy atom. The molecule has 0 radical (unpaired) electrons. The van der Waals surface area contributed by atoms with Gasteiger partial charge < -0.3 is 0 Å². The Labute approximate surface area is 159 Å².